The molecule has 0 spiro atoms. The summed E-state index contributed by atoms with van der Waals surface area (Å²) in [6.45, 7) is 5.72. The number of benzene rings is 1. The maximum absolute atomic E-state index is 13.6. The predicted molar refractivity (Wildman–Crippen MR) is 94.6 cm³/mol. The van der Waals surface area contributed by atoms with E-state index in [1.165, 1.54) is 17.4 Å². The van der Waals surface area contributed by atoms with E-state index in [0.717, 1.165) is 4.88 Å². The second-order valence-electron chi connectivity index (χ2n) is 6.23. The zero-order valence-electron chi connectivity index (χ0n) is 13.3. The van der Waals surface area contributed by atoms with Crippen LogP contribution >= 0.6 is 23.7 Å². The SMILES string of the molecule is CC(C)(C)[C@H](N)C(=O)Nc1ncc(Cc2ccccc2F)s1.Cl. The Kier molecular flexibility index (Phi) is 6.68. The van der Waals surface area contributed by atoms with Gasteiger partial charge in [0.2, 0.25) is 5.91 Å². The molecule has 0 bridgehead atoms. The Hall–Kier alpha value is -1.50. The third-order valence-corrected chi connectivity index (χ3v) is 4.23. The normalized spacial score (nSPS) is 12.4. The van der Waals surface area contributed by atoms with Crippen molar-refractivity contribution in [3.8, 4) is 0 Å². The molecule has 1 heterocycles. The number of thiazole rings is 1. The number of carbonyl (C=O) groups is 1. The summed E-state index contributed by atoms with van der Waals surface area (Å²) in [5, 5.41) is 3.20. The van der Waals surface area contributed by atoms with Crippen LogP contribution in [0.5, 0.6) is 0 Å². The summed E-state index contributed by atoms with van der Waals surface area (Å²) in [6.07, 6.45) is 2.10. The lowest BCUT2D eigenvalue weighted by molar-refractivity contribution is -0.119. The van der Waals surface area contributed by atoms with Crippen molar-refractivity contribution < 1.29 is 9.18 Å². The van der Waals surface area contributed by atoms with Gasteiger partial charge in [-0.3, -0.25) is 4.79 Å². The van der Waals surface area contributed by atoms with Crippen LogP contribution < -0.4 is 11.1 Å². The van der Waals surface area contributed by atoms with Gasteiger partial charge in [-0.15, -0.1) is 23.7 Å². The number of nitrogens with one attached hydrogen (secondary N) is 1. The fourth-order valence-corrected chi connectivity index (χ4v) is 2.69. The molecule has 0 aliphatic heterocycles. The van der Waals surface area contributed by atoms with Crippen LogP contribution in [0.1, 0.15) is 31.2 Å². The molecule has 0 unspecified atom stereocenters. The van der Waals surface area contributed by atoms with Gasteiger partial charge in [0.15, 0.2) is 5.13 Å². The van der Waals surface area contributed by atoms with E-state index in [0.29, 0.717) is 17.1 Å². The van der Waals surface area contributed by atoms with Crippen LogP contribution in [-0.4, -0.2) is 16.9 Å². The van der Waals surface area contributed by atoms with E-state index in [-0.39, 0.29) is 29.5 Å². The van der Waals surface area contributed by atoms with E-state index in [9.17, 15) is 9.18 Å². The van der Waals surface area contributed by atoms with Crippen molar-refractivity contribution in [1.29, 1.82) is 0 Å². The van der Waals surface area contributed by atoms with E-state index in [1.807, 2.05) is 20.8 Å². The monoisotopic (exact) mass is 357 g/mol. The highest BCUT2D eigenvalue weighted by Crippen LogP contribution is 2.24. The smallest absolute Gasteiger partial charge is 0.243 e. The topological polar surface area (TPSA) is 68.0 Å². The minimum Gasteiger partial charge on any atom is -0.319 e. The quantitative estimate of drug-likeness (QED) is 0.878. The summed E-state index contributed by atoms with van der Waals surface area (Å²) in [4.78, 5) is 17.1. The number of aromatic nitrogens is 1. The molecule has 0 saturated heterocycles. The zero-order chi connectivity index (χ0) is 16.3. The molecular formula is C16H21ClFN3OS. The summed E-state index contributed by atoms with van der Waals surface area (Å²) >= 11 is 1.33. The van der Waals surface area contributed by atoms with Crippen molar-refractivity contribution in [3.63, 3.8) is 0 Å². The Morgan fingerprint density at radius 1 is 1.39 bits per heavy atom. The fourth-order valence-electron chi connectivity index (χ4n) is 1.85. The molecule has 0 saturated carbocycles. The lowest BCUT2D eigenvalue weighted by Crippen LogP contribution is -2.45. The first-order chi connectivity index (χ1) is 10.3. The first kappa shape index (κ1) is 19.5. The van der Waals surface area contributed by atoms with Crippen molar-refractivity contribution in [2.24, 2.45) is 11.1 Å². The van der Waals surface area contributed by atoms with Crippen LogP contribution in [0.15, 0.2) is 30.5 Å². The van der Waals surface area contributed by atoms with Gasteiger partial charge >= 0.3 is 0 Å². The molecule has 23 heavy (non-hydrogen) atoms. The molecule has 1 atom stereocenters. The highest BCUT2D eigenvalue weighted by molar-refractivity contribution is 7.15. The van der Waals surface area contributed by atoms with Gasteiger partial charge in [-0.2, -0.15) is 0 Å². The number of nitrogens with two attached hydrogens (primary N) is 1. The van der Waals surface area contributed by atoms with Crippen LogP contribution in [0.2, 0.25) is 0 Å². The molecule has 4 nitrogen and oxygen atoms in total. The number of anilines is 1. The molecule has 2 rings (SSSR count). The third-order valence-electron chi connectivity index (χ3n) is 3.32. The molecule has 0 radical (unpaired) electrons. The first-order valence-electron chi connectivity index (χ1n) is 7.02. The highest BCUT2D eigenvalue weighted by Gasteiger charge is 2.27. The molecule has 0 fully saturated rings. The summed E-state index contributed by atoms with van der Waals surface area (Å²) in [5.74, 6) is -0.504. The van der Waals surface area contributed by atoms with Gasteiger partial charge in [0.05, 0.1) is 6.04 Å². The molecule has 1 amide bonds. The van der Waals surface area contributed by atoms with Crippen LogP contribution in [0.4, 0.5) is 9.52 Å². The van der Waals surface area contributed by atoms with Gasteiger partial charge in [-0.1, -0.05) is 39.0 Å². The number of hydrogen-bond donors (Lipinski definition) is 2. The summed E-state index contributed by atoms with van der Waals surface area (Å²) in [7, 11) is 0. The Morgan fingerprint density at radius 2 is 2.04 bits per heavy atom. The number of hydrogen-bond acceptors (Lipinski definition) is 4. The van der Waals surface area contributed by atoms with Crippen molar-refractivity contribution in [1.82, 2.24) is 4.98 Å². The number of rotatable bonds is 4. The van der Waals surface area contributed by atoms with Crippen molar-refractivity contribution >= 4 is 34.8 Å². The third kappa shape index (κ3) is 5.27. The summed E-state index contributed by atoms with van der Waals surface area (Å²) in [5.41, 5.74) is 6.19. The molecule has 3 N–H and O–H groups in total. The number of amides is 1. The van der Waals surface area contributed by atoms with Crippen LogP contribution in [0.3, 0.4) is 0 Å². The molecule has 0 aliphatic rings. The molecule has 126 valence electrons. The minimum atomic E-state index is -0.619. The molecule has 7 heteroatoms. The second kappa shape index (κ2) is 7.86. The summed E-state index contributed by atoms with van der Waals surface area (Å²) < 4.78 is 13.6. The van der Waals surface area contributed by atoms with Crippen LogP contribution in [-0.2, 0) is 11.2 Å². The Balaban J connectivity index is 0.00000264. The first-order valence-corrected chi connectivity index (χ1v) is 7.83. The van der Waals surface area contributed by atoms with Gasteiger partial charge in [0.1, 0.15) is 5.82 Å². The average molecular weight is 358 g/mol. The summed E-state index contributed by atoms with van der Waals surface area (Å²) in [6, 6.07) is 6.01. The van der Waals surface area contributed by atoms with E-state index >= 15 is 0 Å². The number of nitrogens with zero attached hydrogens (tertiary/aromatic N) is 1. The molecular weight excluding hydrogens is 337 g/mol. The minimum absolute atomic E-state index is 0. The Labute approximate surface area is 145 Å². The average Bonchev–Trinajstić information content (AvgIpc) is 2.86. The number of carbonyl (C=O) groups excluding carboxylic acids is 1. The standard InChI is InChI=1S/C16H20FN3OS.ClH/c1-16(2,3)13(18)14(21)20-15-19-9-11(22-15)8-10-6-4-5-7-12(10)17;/h4-7,9,13H,8,18H2,1-3H3,(H,19,20,21);1H/t13-;/m1./s1. The Bertz CT molecular complexity index is 669. The van der Waals surface area contributed by atoms with E-state index in [1.54, 1.807) is 24.4 Å². The van der Waals surface area contributed by atoms with Crippen molar-refractivity contribution in [3.05, 3.63) is 46.7 Å². The van der Waals surface area contributed by atoms with E-state index in [4.69, 9.17) is 5.73 Å². The van der Waals surface area contributed by atoms with Gasteiger partial charge in [-0.05, 0) is 17.0 Å². The number of halogens is 2. The van der Waals surface area contributed by atoms with Gasteiger partial charge in [0.25, 0.3) is 0 Å². The molecule has 2 aromatic rings. The molecule has 1 aromatic carbocycles. The molecule has 0 aliphatic carbocycles. The lowest BCUT2D eigenvalue weighted by atomic mass is 9.87. The predicted octanol–water partition coefficient (Wildman–Crippen LogP) is 3.61. The molecule has 1 aromatic heterocycles. The largest absolute Gasteiger partial charge is 0.319 e. The van der Waals surface area contributed by atoms with Crippen molar-refractivity contribution in [2.75, 3.05) is 5.32 Å². The van der Waals surface area contributed by atoms with Crippen LogP contribution in [0, 0.1) is 11.2 Å². The van der Waals surface area contributed by atoms with Gasteiger partial charge in [-0.25, -0.2) is 9.37 Å². The van der Waals surface area contributed by atoms with E-state index in [2.05, 4.69) is 10.3 Å². The fraction of sp³-hybridized carbons (Fsp3) is 0.375. The van der Waals surface area contributed by atoms with Gasteiger partial charge in [0, 0.05) is 17.5 Å². The second-order valence-corrected chi connectivity index (χ2v) is 7.35. The zero-order valence-corrected chi connectivity index (χ0v) is 14.9. The van der Waals surface area contributed by atoms with Crippen LogP contribution in [0.25, 0.3) is 0 Å². The maximum atomic E-state index is 13.6. The van der Waals surface area contributed by atoms with Gasteiger partial charge < -0.3 is 11.1 Å². The highest BCUT2D eigenvalue weighted by atomic mass is 35.5. The maximum Gasteiger partial charge on any atom is 0.243 e. The lowest BCUT2D eigenvalue weighted by Gasteiger charge is -2.25. The van der Waals surface area contributed by atoms with E-state index < -0.39 is 6.04 Å². The Morgan fingerprint density at radius 3 is 2.65 bits per heavy atom. The van der Waals surface area contributed by atoms with Crippen molar-refractivity contribution in [2.45, 2.75) is 33.2 Å².